The first kappa shape index (κ1) is 17.4. The molecular formula is C19H23ClN4O2. The van der Waals surface area contributed by atoms with Crippen LogP contribution in [0.4, 0.5) is 11.8 Å². The zero-order valence-corrected chi connectivity index (χ0v) is 15.4. The highest BCUT2D eigenvalue weighted by atomic mass is 35.5. The molecule has 0 amide bonds. The molecule has 0 unspecified atom stereocenters. The van der Waals surface area contributed by atoms with Crippen LogP contribution in [0.15, 0.2) is 30.5 Å². The maximum atomic E-state index is 10.6. The number of anilines is 2. The number of fused-ring (bicyclic) bond motifs is 1. The van der Waals surface area contributed by atoms with Crippen molar-refractivity contribution in [3.05, 3.63) is 41.0 Å². The average molecular weight is 375 g/mol. The molecule has 2 fully saturated rings. The summed E-state index contributed by atoms with van der Waals surface area (Å²) in [5.74, 6) is 2.74. The van der Waals surface area contributed by atoms with Crippen molar-refractivity contribution in [1.82, 2.24) is 9.97 Å². The lowest BCUT2D eigenvalue weighted by atomic mass is 9.78. The molecule has 1 aromatic carbocycles. The maximum Gasteiger partial charge on any atom is 0.227 e. The molecule has 1 aliphatic heterocycles. The second-order valence-electron chi connectivity index (χ2n) is 7.32. The number of aromatic nitrogens is 2. The predicted octanol–water partition coefficient (Wildman–Crippen LogP) is 2.68. The van der Waals surface area contributed by atoms with E-state index >= 15 is 0 Å². The lowest BCUT2D eigenvalue weighted by Crippen LogP contribution is -2.42. The van der Waals surface area contributed by atoms with Crippen LogP contribution >= 0.6 is 11.6 Å². The Bertz CT molecular complexity index is 803. The van der Waals surface area contributed by atoms with Crippen LogP contribution in [0.1, 0.15) is 18.4 Å². The molecule has 138 valence electrons. The van der Waals surface area contributed by atoms with E-state index in [1.807, 2.05) is 25.1 Å². The molecule has 0 radical (unpaired) electrons. The van der Waals surface area contributed by atoms with Gasteiger partial charge in [-0.05, 0) is 49.8 Å². The number of halogens is 1. The first-order chi connectivity index (χ1) is 12.5. The van der Waals surface area contributed by atoms with Crippen LogP contribution in [-0.4, -0.2) is 40.4 Å². The second kappa shape index (κ2) is 6.93. The number of aliphatic hydroxyl groups excluding tert-OH is 1. The summed E-state index contributed by atoms with van der Waals surface area (Å²) in [5.41, 5.74) is 6.81. The summed E-state index contributed by atoms with van der Waals surface area (Å²) >= 11 is 6.03. The molecule has 2 heterocycles. The molecule has 1 aromatic heterocycles. The summed E-state index contributed by atoms with van der Waals surface area (Å²) in [6.45, 7) is 3.60. The van der Waals surface area contributed by atoms with Crippen molar-refractivity contribution < 1.29 is 9.84 Å². The molecule has 1 saturated carbocycles. The van der Waals surface area contributed by atoms with Gasteiger partial charge in [0.2, 0.25) is 5.95 Å². The number of aliphatic hydroxyl groups is 1. The average Bonchev–Trinajstić information content (AvgIpc) is 3.00. The zero-order chi connectivity index (χ0) is 18.3. The van der Waals surface area contributed by atoms with Gasteiger partial charge >= 0.3 is 0 Å². The number of ether oxygens (including phenoxy) is 1. The molecular weight excluding hydrogens is 352 g/mol. The topological polar surface area (TPSA) is 84.5 Å². The minimum Gasteiger partial charge on any atom is -0.488 e. The van der Waals surface area contributed by atoms with Crippen LogP contribution in [-0.2, 0) is 0 Å². The van der Waals surface area contributed by atoms with Crippen molar-refractivity contribution >= 4 is 23.4 Å². The highest BCUT2D eigenvalue weighted by Crippen LogP contribution is 2.39. The molecule has 2 aromatic rings. The van der Waals surface area contributed by atoms with Gasteiger partial charge in [0.15, 0.2) is 0 Å². The summed E-state index contributed by atoms with van der Waals surface area (Å²) in [6.07, 6.45) is 2.57. The van der Waals surface area contributed by atoms with Crippen molar-refractivity contribution in [2.75, 3.05) is 23.7 Å². The third-order valence-electron chi connectivity index (χ3n) is 5.45. The van der Waals surface area contributed by atoms with Crippen LogP contribution in [0, 0.1) is 18.8 Å². The molecule has 2 aliphatic rings. The zero-order valence-electron chi connectivity index (χ0n) is 14.7. The van der Waals surface area contributed by atoms with Gasteiger partial charge in [0.1, 0.15) is 17.7 Å². The van der Waals surface area contributed by atoms with Crippen LogP contribution in [0.25, 0.3) is 0 Å². The molecule has 4 rings (SSSR count). The van der Waals surface area contributed by atoms with Crippen molar-refractivity contribution in [3.8, 4) is 5.75 Å². The lowest BCUT2D eigenvalue weighted by molar-refractivity contribution is -0.0231. The fourth-order valence-corrected chi connectivity index (χ4v) is 4.17. The Balaban J connectivity index is 1.45. The number of benzene rings is 1. The fraction of sp³-hybridized carbons (Fsp3) is 0.474. The van der Waals surface area contributed by atoms with Gasteiger partial charge in [-0.2, -0.15) is 4.98 Å². The molecule has 0 spiro atoms. The SMILES string of the molecule is Cc1cnc(N2C[C@H]3C[C@@H](Oc4cccc(Cl)c4)[C@H](O)C[C@H]3C2)nc1N. The first-order valence-electron chi connectivity index (χ1n) is 8.94. The third-order valence-corrected chi connectivity index (χ3v) is 5.68. The second-order valence-corrected chi connectivity index (χ2v) is 7.75. The third kappa shape index (κ3) is 3.44. The van der Waals surface area contributed by atoms with Crippen LogP contribution in [0.3, 0.4) is 0 Å². The number of nitrogens with two attached hydrogens (primary N) is 1. The van der Waals surface area contributed by atoms with Crippen LogP contribution < -0.4 is 15.4 Å². The fourth-order valence-electron chi connectivity index (χ4n) is 3.99. The molecule has 26 heavy (non-hydrogen) atoms. The summed E-state index contributed by atoms with van der Waals surface area (Å²) < 4.78 is 6.03. The van der Waals surface area contributed by atoms with E-state index in [2.05, 4.69) is 14.9 Å². The summed E-state index contributed by atoms with van der Waals surface area (Å²) in [6, 6.07) is 7.31. The predicted molar refractivity (Wildman–Crippen MR) is 101 cm³/mol. The van der Waals surface area contributed by atoms with Crippen LogP contribution in [0.2, 0.25) is 5.02 Å². The van der Waals surface area contributed by atoms with Crippen molar-refractivity contribution in [2.45, 2.75) is 32.0 Å². The largest absolute Gasteiger partial charge is 0.488 e. The Morgan fingerprint density at radius 1 is 1.27 bits per heavy atom. The van der Waals surface area contributed by atoms with Gasteiger partial charge in [0.25, 0.3) is 0 Å². The Morgan fingerprint density at radius 2 is 2.04 bits per heavy atom. The molecule has 6 nitrogen and oxygen atoms in total. The van der Waals surface area contributed by atoms with Gasteiger partial charge in [-0.25, -0.2) is 4.98 Å². The molecule has 7 heteroatoms. The first-order valence-corrected chi connectivity index (χ1v) is 9.31. The molecule has 4 atom stereocenters. The number of nitrogens with zero attached hydrogens (tertiary/aromatic N) is 3. The van der Waals surface area contributed by atoms with E-state index in [-0.39, 0.29) is 6.10 Å². The molecule has 3 N–H and O–H groups in total. The van der Waals surface area contributed by atoms with Crippen LogP contribution in [0.5, 0.6) is 5.75 Å². The maximum absolute atomic E-state index is 10.6. The Labute approximate surface area is 158 Å². The standard InChI is InChI=1S/C19H23ClN4O2/c1-11-8-22-19(23-18(11)21)24-9-12-5-16(25)17(6-13(12)10-24)26-15-4-2-3-14(20)7-15/h2-4,7-8,12-13,16-17,25H,5-6,9-10H2,1H3,(H2,21,22,23)/t12-,13+,16+,17+/m0/s1. The Kier molecular flexibility index (Phi) is 4.63. The van der Waals surface area contributed by atoms with E-state index in [4.69, 9.17) is 22.1 Å². The van der Waals surface area contributed by atoms with E-state index in [1.54, 1.807) is 12.3 Å². The molecule has 1 aliphatic carbocycles. The number of rotatable bonds is 3. The minimum atomic E-state index is -0.487. The molecule has 1 saturated heterocycles. The van der Waals surface area contributed by atoms with Gasteiger partial charge in [-0.15, -0.1) is 0 Å². The summed E-state index contributed by atoms with van der Waals surface area (Å²) in [7, 11) is 0. The van der Waals surface area contributed by atoms with Gasteiger partial charge in [-0.3, -0.25) is 0 Å². The number of nitrogen functional groups attached to an aromatic ring is 1. The van der Waals surface area contributed by atoms with E-state index in [0.29, 0.717) is 40.8 Å². The number of hydrogen-bond donors (Lipinski definition) is 2. The van der Waals surface area contributed by atoms with E-state index in [0.717, 1.165) is 25.1 Å². The number of hydrogen-bond acceptors (Lipinski definition) is 6. The van der Waals surface area contributed by atoms with Crippen molar-refractivity contribution in [2.24, 2.45) is 11.8 Å². The lowest BCUT2D eigenvalue weighted by Gasteiger charge is -2.35. The highest BCUT2D eigenvalue weighted by Gasteiger charge is 2.43. The Morgan fingerprint density at radius 3 is 2.77 bits per heavy atom. The van der Waals surface area contributed by atoms with Gasteiger partial charge < -0.3 is 20.5 Å². The smallest absolute Gasteiger partial charge is 0.227 e. The van der Waals surface area contributed by atoms with E-state index in [9.17, 15) is 5.11 Å². The van der Waals surface area contributed by atoms with E-state index < -0.39 is 6.10 Å². The summed E-state index contributed by atoms with van der Waals surface area (Å²) in [5, 5.41) is 11.2. The minimum absolute atomic E-state index is 0.223. The van der Waals surface area contributed by atoms with Gasteiger partial charge in [0, 0.05) is 29.9 Å². The quantitative estimate of drug-likeness (QED) is 0.859. The molecule has 0 bridgehead atoms. The van der Waals surface area contributed by atoms with Gasteiger partial charge in [-0.1, -0.05) is 17.7 Å². The Hall–Kier alpha value is -2.05. The number of aryl methyl sites for hydroxylation is 1. The summed E-state index contributed by atoms with van der Waals surface area (Å²) in [4.78, 5) is 11.0. The van der Waals surface area contributed by atoms with E-state index in [1.165, 1.54) is 0 Å². The highest BCUT2D eigenvalue weighted by molar-refractivity contribution is 6.30. The monoisotopic (exact) mass is 374 g/mol. The van der Waals surface area contributed by atoms with Gasteiger partial charge in [0.05, 0.1) is 6.10 Å². The van der Waals surface area contributed by atoms with Crippen molar-refractivity contribution in [3.63, 3.8) is 0 Å². The van der Waals surface area contributed by atoms with Crippen molar-refractivity contribution in [1.29, 1.82) is 0 Å². The normalized spacial score (nSPS) is 28.0.